The van der Waals surface area contributed by atoms with Crippen molar-refractivity contribution in [3.8, 4) is 0 Å². The summed E-state index contributed by atoms with van der Waals surface area (Å²) in [5, 5.41) is 0. The van der Waals surface area contributed by atoms with E-state index in [1.54, 1.807) is 0 Å². The van der Waals surface area contributed by atoms with Gasteiger partial charge in [-0.15, -0.1) is 0 Å². The Morgan fingerprint density at radius 2 is 1.67 bits per heavy atom. The van der Waals surface area contributed by atoms with Crippen molar-refractivity contribution in [1.82, 2.24) is 0 Å². The van der Waals surface area contributed by atoms with Crippen LogP contribution in [0.5, 0.6) is 0 Å². The Balaban J connectivity index is 2.05. The van der Waals surface area contributed by atoms with Crippen molar-refractivity contribution >= 4 is 17.8 Å². The number of nitrogens with zero attached hydrogens (tertiary/aromatic N) is 2. The van der Waals surface area contributed by atoms with E-state index in [4.69, 9.17) is 9.98 Å². The molecule has 2 aromatic rings. The number of carbonyl (C=O) groups excluding carboxylic acids is 1. The normalized spacial score (nSPS) is 19.7. The second-order valence-corrected chi connectivity index (χ2v) is 5.99. The maximum Gasteiger partial charge on any atom is 0.130 e. The van der Waals surface area contributed by atoms with Crippen LogP contribution in [0.1, 0.15) is 43.7 Å². The van der Waals surface area contributed by atoms with Crippen LogP contribution in [0.25, 0.3) is 0 Å². The molecule has 0 aromatic heterocycles. The van der Waals surface area contributed by atoms with Crippen LogP contribution in [0.4, 0.5) is 0 Å². The highest BCUT2D eigenvalue weighted by Gasteiger charge is 2.40. The molecule has 0 amide bonds. The molecule has 0 aliphatic carbocycles. The summed E-state index contributed by atoms with van der Waals surface area (Å²) in [7, 11) is 0. The SMILES string of the molecule is CCC1(c2ccccc2)N=C(CCCC=O)N=C1c1ccccc1. The van der Waals surface area contributed by atoms with E-state index in [1.165, 1.54) is 5.56 Å². The molecule has 0 saturated carbocycles. The van der Waals surface area contributed by atoms with Crippen molar-refractivity contribution in [2.24, 2.45) is 9.98 Å². The Kier molecular flexibility index (Phi) is 4.99. The Morgan fingerprint density at radius 1 is 1.00 bits per heavy atom. The van der Waals surface area contributed by atoms with Crippen molar-refractivity contribution in [2.75, 3.05) is 0 Å². The van der Waals surface area contributed by atoms with E-state index in [1.807, 2.05) is 24.3 Å². The molecule has 1 atom stereocenters. The molecule has 3 rings (SSSR count). The fourth-order valence-corrected chi connectivity index (χ4v) is 3.24. The topological polar surface area (TPSA) is 41.8 Å². The van der Waals surface area contributed by atoms with Gasteiger partial charge in [-0.25, -0.2) is 4.99 Å². The first-order valence-electron chi connectivity index (χ1n) is 8.52. The quantitative estimate of drug-likeness (QED) is 0.545. The van der Waals surface area contributed by atoms with Crippen LogP contribution in [0, 0.1) is 0 Å². The lowest BCUT2D eigenvalue weighted by atomic mass is 9.81. The van der Waals surface area contributed by atoms with E-state index in [0.717, 1.165) is 42.7 Å². The number of aldehydes is 1. The summed E-state index contributed by atoms with van der Waals surface area (Å²) >= 11 is 0. The fourth-order valence-electron chi connectivity index (χ4n) is 3.24. The number of carbonyl (C=O) groups is 1. The third-order valence-corrected chi connectivity index (χ3v) is 4.49. The lowest BCUT2D eigenvalue weighted by molar-refractivity contribution is -0.107. The number of aliphatic imine (C=N–C) groups is 2. The molecule has 1 unspecified atom stereocenters. The van der Waals surface area contributed by atoms with Gasteiger partial charge in [0.15, 0.2) is 0 Å². The van der Waals surface area contributed by atoms with Gasteiger partial charge in [0.1, 0.15) is 17.7 Å². The predicted molar refractivity (Wildman–Crippen MR) is 98.7 cm³/mol. The van der Waals surface area contributed by atoms with Crippen molar-refractivity contribution in [3.63, 3.8) is 0 Å². The largest absolute Gasteiger partial charge is 0.303 e. The van der Waals surface area contributed by atoms with E-state index < -0.39 is 5.54 Å². The van der Waals surface area contributed by atoms with Gasteiger partial charge in [0, 0.05) is 12.8 Å². The van der Waals surface area contributed by atoms with Gasteiger partial charge < -0.3 is 4.79 Å². The lowest BCUT2D eigenvalue weighted by Crippen LogP contribution is -2.31. The van der Waals surface area contributed by atoms with Crippen LogP contribution in [-0.2, 0) is 10.3 Å². The minimum atomic E-state index is -0.431. The van der Waals surface area contributed by atoms with Gasteiger partial charge >= 0.3 is 0 Å². The maximum atomic E-state index is 10.6. The monoisotopic (exact) mass is 318 g/mol. The summed E-state index contributed by atoms with van der Waals surface area (Å²) < 4.78 is 0. The molecule has 0 radical (unpaired) electrons. The average molecular weight is 318 g/mol. The molecule has 1 heterocycles. The molecule has 3 nitrogen and oxygen atoms in total. The van der Waals surface area contributed by atoms with Crippen molar-refractivity contribution in [2.45, 2.75) is 38.1 Å². The molecule has 0 bridgehead atoms. The van der Waals surface area contributed by atoms with Gasteiger partial charge in [0.2, 0.25) is 0 Å². The Hall–Kier alpha value is -2.55. The van der Waals surface area contributed by atoms with Gasteiger partial charge in [0.25, 0.3) is 0 Å². The lowest BCUT2D eigenvalue weighted by Gasteiger charge is -2.27. The van der Waals surface area contributed by atoms with Crippen LogP contribution in [-0.4, -0.2) is 17.8 Å². The minimum Gasteiger partial charge on any atom is -0.303 e. The van der Waals surface area contributed by atoms with E-state index >= 15 is 0 Å². The number of hydrogen-bond donors (Lipinski definition) is 0. The zero-order valence-electron chi connectivity index (χ0n) is 14.0. The molecule has 0 N–H and O–H groups in total. The Labute approximate surface area is 143 Å². The van der Waals surface area contributed by atoms with Gasteiger partial charge in [-0.1, -0.05) is 67.6 Å². The minimum absolute atomic E-state index is 0.431. The summed E-state index contributed by atoms with van der Waals surface area (Å²) in [6, 6.07) is 20.6. The Bertz CT molecular complexity index is 750. The average Bonchev–Trinajstić information content (AvgIpc) is 3.03. The molecule has 0 spiro atoms. The molecule has 1 aliphatic heterocycles. The van der Waals surface area contributed by atoms with Crippen LogP contribution in [0.2, 0.25) is 0 Å². The van der Waals surface area contributed by atoms with Crippen LogP contribution in [0.15, 0.2) is 70.6 Å². The number of hydrogen-bond acceptors (Lipinski definition) is 3. The molecule has 3 heteroatoms. The maximum absolute atomic E-state index is 10.6. The summed E-state index contributed by atoms with van der Waals surface area (Å²) in [4.78, 5) is 20.5. The number of rotatable bonds is 7. The zero-order valence-corrected chi connectivity index (χ0v) is 14.0. The first-order valence-corrected chi connectivity index (χ1v) is 8.52. The standard InChI is InChI=1S/C21H22N2O/c1-2-21(18-13-7-4-8-14-18)20(17-11-5-3-6-12-17)22-19(23-21)15-9-10-16-24/h3-8,11-14,16H,2,9-10,15H2,1H3. The second kappa shape index (κ2) is 7.35. The fraction of sp³-hybridized carbons (Fsp3) is 0.286. The highest BCUT2D eigenvalue weighted by atomic mass is 16.1. The first-order chi connectivity index (χ1) is 11.8. The Morgan fingerprint density at radius 3 is 2.29 bits per heavy atom. The van der Waals surface area contributed by atoms with Crippen LogP contribution >= 0.6 is 0 Å². The second-order valence-electron chi connectivity index (χ2n) is 5.99. The van der Waals surface area contributed by atoms with Crippen LogP contribution < -0.4 is 0 Å². The van der Waals surface area contributed by atoms with Gasteiger partial charge in [0.05, 0.1) is 5.71 Å². The van der Waals surface area contributed by atoms with Gasteiger partial charge in [-0.05, 0) is 24.0 Å². The molecule has 2 aromatic carbocycles. The van der Waals surface area contributed by atoms with Crippen molar-refractivity contribution < 1.29 is 4.79 Å². The van der Waals surface area contributed by atoms with Crippen LogP contribution in [0.3, 0.4) is 0 Å². The zero-order chi connectivity index (χ0) is 16.8. The van der Waals surface area contributed by atoms with E-state index in [-0.39, 0.29) is 0 Å². The third kappa shape index (κ3) is 3.07. The summed E-state index contributed by atoms with van der Waals surface area (Å²) in [6.07, 6.45) is 3.90. The summed E-state index contributed by atoms with van der Waals surface area (Å²) in [6.45, 7) is 2.16. The predicted octanol–water partition coefficient (Wildman–Crippen LogP) is 4.56. The molecule has 24 heavy (non-hydrogen) atoms. The highest BCUT2D eigenvalue weighted by molar-refractivity contribution is 6.17. The molecular weight excluding hydrogens is 296 g/mol. The number of benzene rings is 2. The summed E-state index contributed by atoms with van der Waals surface area (Å²) in [5.41, 5.74) is 2.86. The molecule has 1 aliphatic rings. The number of amidine groups is 1. The molecule has 0 saturated heterocycles. The van der Waals surface area contributed by atoms with E-state index in [9.17, 15) is 4.79 Å². The van der Waals surface area contributed by atoms with Gasteiger partial charge in [-0.3, -0.25) is 4.99 Å². The van der Waals surface area contributed by atoms with Crippen molar-refractivity contribution in [3.05, 3.63) is 71.8 Å². The first kappa shape index (κ1) is 16.3. The summed E-state index contributed by atoms with van der Waals surface area (Å²) in [5.74, 6) is 0.849. The molecular formula is C21H22N2O. The van der Waals surface area contributed by atoms with Crippen molar-refractivity contribution in [1.29, 1.82) is 0 Å². The highest BCUT2D eigenvalue weighted by Crippen LogP contribution is 2.38. The molecule has 122 valence electrons. The smallest absolute Gasteiger partial charge is 0.130 e. The van der Waals surface area contributed by atoms with E-state index in [0.29, 0.717) is 6.42 Å². The molecule has 0 fully saturated rings. The van der Waals surface area contributed by atoms with E-state index in [2.05, 4.69) is 43.3 Å². The van der Waals surface area contributed by atoms with Gasteiger partial charge in [-0.2, -0.15) is 0 Å². The third-order valence-electron chi connectivity index (χ3n) is 4.49. The number of unbranched alkanes of at least 4 members (excludes halogenated alkanes) is 1.